The third-order valence-electron chi connectivity index (χ3n) is 4.36. The zero-order valence-corrected chi connectivity index (χ0v) is 18.3. The maximum atomic E-state index is 12.0. The highest BCUT2D eigenvalue weighted by molar-refractivity contribution is 7.80. The Labute approximate surface area is 187 Å². The Balaban J connectivity index is 1.60. The Morgan fingerprint density at radius 2 is 1.74 bits per heavy atom. The van der Waals surface area contributed by atoms with Gasteiger partial charge in [0, 0.05) is 31.1 Å². The first-order chi connectivity index (χ1) is 15.0. The summed E-state index contributed by atoms with van der Waals surface area (Å²) in [6.45, 7) is 0.364. The van der Waals surface area contributed by atoms with Gasteiger partial charge in [-0.3, -0.25) is 14.4 Å². The summed E-state index contributed by atoms with van der Waals surface area (Å²) in [5.41, 5.74) is 2.27. The van der Waals surface area contributed by atoms with Crippen LogP contribution in [0, 0.1) is 0 Å². The summed E-state index contributed by atoms with van der Waals surface area (Å²) in [7, 11) is 1.55. The van der Waals surface area contributed by atoms with Gasteiger partial charge in [-0.15, -0.1) is 0 Å². The Morgan fingerprint density at radius 1 is 0.968 bits per heavy atom. The molecule has 8 heteroatoms. The number of carbonyl (C=O) groups excluding carboxylic acids is 3. The van der Waals surface area contributed by atoms with Gasteiger partial charge in [0.2, 0.25) is 5.91 Å². The molecule has 0 saturated carbocycles. The van der Waals surface area contributed by atoms with Gasteiger partial charge >= 0.3 is 5.97 Å². The molecule has 2 aromatic rings. The van der Waals surface area contributed by atoms with Crippen molar-refractivity contribution in [2.45, 2.75) is 32.1 Å². The van der Waals surface area contributed by atoms with Gasteiger partial charge in [-0.25, -0.2) is 0 Å². The maximum absolute atomic E-state index is 12.0. The van der Waals surface area contributed by atoms with E-state index in [-0.39, 0.29) is 35.7 Å². The van der Waals surface area contributed by atoms with E-state index in [1.807, 2.05) is 30.3 Å². The molecule has 0 radical (unpaired) electrons. The number of benzene rings is 2. The summed E-state index contributed by atoms with van der Waals surface area (Å²) in [5, 5.41) is 8.10. The molecule has 164 valence electrons. The molecule has 0 heterocycles. The van der Waals surface area contributed by atoms with Crippen molar-refractivity contribution in [3.63, 3.8) is 0 Å². The molecule has 31 heavy (non-hydrogen) atoms. The van der Waals surface area contributed by atoms with Gasteiger partial charge in [0.05, 0.1) is 6.61 Å². The maximum Gasteiger partial charge on any atom is 0.305 e. The Bertz CT molecular complexity index is 903. The Morgan fingerprint density at radius 3 is 2.48 bits per heavy atom. The molecule has 0 fully saturated rings. The van der Waals surface area contributed by atoms with Crippen molar-refractivity contribution in [1.82, 2.24) is 10.6 Å². The van der Waals surface area contributed by atoms with Crippen LogP contribution in [-0.2, 0) is 20.7 Å². The summed E-state index contributed by atoms with van der Waals surface area (Å²) in [5.74, 6) is -0.824. The van der Waals surface area contributed by atoms with Crippen LogP contribution >= 0.6 is 12.2 Å². The van der Waals surface area contributed by atoms with E-state index in [0.29, 0.717) is 24.3 Å². The number of aryl methyl sites for hydroxylation is 1. The molecule has 0 saturated heterocycles. The molecule has 0 aliphatic rings. The van der Waals surface area contributed by atoms with Gasteiger partial charge < -0.3 is 20.7 Å². The SMILES string of the molecule is CNC(=O)c1cccc(NC(=S)NC(=O)CCCC(=O)OCCCc2ccccc2)c1. The van der Waals surface area contributed by atoms with E-state index in [1.54, 1.807) is 31.3 Å². The number of hydrogen-bond donors (Lipinski definition) is 3. The fraction of sp³-hybridized carbons (Fsp3) is 0.304. The predicted octanol–water partition coefficient (Wildman–Crippen LogP) is 3.21. The van der Waals surface area contributed by atoms with Crippen molar-refractivity contribution in [2.75, 3.05) is 19.0 Å². The van der Waals surface area contributed by atoms with E-state index in [0.717, 1.165) is 12.8 Å². The standard InChI is InChI=1S/C23H27N3O4S/c1-24-22(29)18-11-5-12-19(16-18)25-23(31)26-20(27)13-6-14-21(28)30-15-7-10-17-8-3-2-4-9-17/h2-5,8-9,11-12,16H,6-7,10,13-15H2,1H3,(H,24,29)(H2,25,26,27,31). The molecule has 0 spiro atoms. The lowest BCUT2D eigenvalue weighted by molar-refractivity contribution is -0.143. The number of anilines is 1. The zero-order valence-electron chi connectivity index (χ0n) is 17.5. The summed E-state index contributed by atoms with van der Waals surface area (Å²) in [6.07, 6.45) is 2.31. The van der Waals surface area contributed by atoms with Gasteiger partial charge in [0.1, 0.15) is 0 Å². The van der Waals surface area contributed by atoms with Gasteiger partial charge in [0.15, 0.2) is 5.11 Å². The second-order valence-electron chi connectivity index (χ2n) is 6.83. The molecule has 3 N–H and O–H groups in total. The van der Waals surface area contributed by atoms with Crippen molar-refractivity contribution in [3.8, 4) is 0 Å². The van der Waals surface area contributed by atoms with Crippen LogP contribution in [0.5, 0.6) is 0 Å². The molecule has 2 aromatic carbocycles. The van der Waals surface area contributed by atoms with Crippen molar-refractivity contribution >= 4 is 40.8 Å². The van der Waals surface area contributed by atoms with Crippen LogP contribution in [0.15, 0.2) is 54.6 Å². The molecule has 7 nitrogen and oxygen atoms in total. The predicted molar refractivity (Wildman–Crippen MR) is 124 cm³/mol. The molecule has 2 rings (SSSR count). The highest BCUT2D eigenvalue weighted by Gasteiger charge is 2.09. The minimum Gasteiger partial charge on any atom is -0.466 e. The van der Waals surface area contributed by atoms with Crippen LogP contribution in [0.2, 0.25) is 0 Å². The molecule has 2 amide bonds. The number of hydrogen-bond acceptors (Lipinski definition) is 5. The number of esters is 1. The molecule has 0 bridgehead atoms. The van der Waals surface area contributed by atoms with Crippen LogP contribution in [0.25, 0.3) is 0 Å². The number of carbonyl (C=O) groups is 3. The average molecular weight is 442 g/mol. The topological polar surface area (TPSA) is 96.5 Å². The molecular weight excluding hydrogens is 414 g/mol. The lowest BCUT2D eigenvalue weighted by Gasteiger charge is -2.10. The fourth-order valence-electron chi connectivity index (χ4n) is 2.81. The lowest BCUT2D eigenvalue weighted by Crippen LogP contribution is -2.34. The van der Waals surface area contributed by atoms with Crippen molar-refractivity contribution in [2.24, 2.45) is 0 Å². The van der Waals surface area contributed by atoms with Crippen molar-refractivity contribution in [1.29, 1.82) is 0 Å². The molecule has 0 unspecified atom stereocenters. The minimum absolute atomic E-state index is 0.127. The van der Waals surface area contributed by atoms with Crippen molar-refractivity contribution in [3.05, 3.63) is 65.7 Å². The van der Waals surface area contributed by atoms with Crippen LogP contribution in [-0.4, -0.2) is 36.6 Å². The van der Waals surface area contributed by atoms with Crippen molar-refractivity contribution < 1.29 is 19.1 Å². The third kappa shape index (κ3) is 9.39. The monoisotopic (exact) mass is 441 g/mol. The second kappa shape index (κ2) is 13.1. The number of nitrogens with one attached hydrogen (secondary N) is 3. The van der Waals surface area contributed by atoms with E-state index in [2.05, 4.69) is 16.0 Å². The largest absolute Gasteiger partial charge is 0.466 e. The summed E-state index contributed by atoms with van der Waals surface area (Å²) < 4.78 is 5.20. The van der Waals surface area contributed by atoms with E-state index >= 15 is 0 Å². The minimum atomic E-state index is -0.312. The summed E-state index contributed by atoms with van der Waals surface area (Å²) in [4.78, 5) is 35.5. The van der Waals surface area contributed by atoms with E-state index in [1.165, 1.54) is 5.56 Å². The number of rotatable bonds is 10. The smallest absolute Gasteiger partial charge is 0.305 e. The Hall–Kier alpha value is -3.26. The molecule has 0 aromatic heterocycles. The van der Waals surface area contributed by atoms with E-state index in [4.69, 9.17) is 17.0 Å². The molecule has 0 atom stereocenters. The summed E-state index contributed by atoms with van der Waals surface area (Å²) in [6, 6.07) is 16.8. The molecule has 0 aliphatic carbocycles. The quantitative estimate of drug-likeness (QED) is 0.298. The van der Waals surface area contributed by atoms with Gasteiger partial charge in [-0.1, -0.05) is 36.4 Å². The van der Waals surface area contributed by atoms with Crippen LogP contribution < -0.4 is 16.0 Å². The first-order valence-electron chi connectivity index (χ1n) is 10.1. The normalized spacial score (nSPS) is 10.1. The van der Waals surface area contributed by atoms with Gasteiger partial charge in [-0.2, -0.15) is 0 Å². The number of ether oxygens (including phenoxy) is 1. The van der Waals surface area contributed by atoms with Gasteiger partial charge in [-0.05, 0) is 55.2 Å². The summed E-state index contributed by atoms with van der Waals surface area (Å²) >= 11 is 5.13. The Kier molecular flexibility index (Phi) is 10.2. The van der Waals surface area contributed by atoms with Crippen LogP contribution in [0.1, 0.15) is 41.6 Å². The number of thiocarbonyl (C=S) groups is 1. The molecular formula is C23H27N3O4S. The number of amides is 2. The van der Waals surface area contributed by atoms with Gasteiger partial charge in [0.25, 0.3) is 5.91 Å². The zero-order chi connectivity index (χ0) is 22.5. The third-order valence-corrected chi connectivity index (χ3v) is 4.57. The second-order valence-corrected chi connectivity index (χ2v) is 7.23. The first-order valence-corrected chi connectivity index (χ1v) is 10.5. The fourth-order valence-corrected chi connectivity index (χ4v) is 3.04. The van der Waals surface area contributed by atoms with E-state index in [9.17, 15) is 14.4 Å². The van der Waals surface area contributed by atoms with Crippen LogP contribution in [0.4, 0.5) is 5.69 Å². The first kappa shape index (κ1) is 24.0. The average Bonchev–Trinajstić information content (AvgIpc) is 2.77. The van der Waals surface area contributed by atoms with Crippen LogP contribution in [0.3, 0.4) is 0 Å². The highest BCUT2D eigenvalue weighted by Crippen LogP contribution is 2.10. The molecule has 0 aliphatic heterocycles. The highest BCUT2D eigenvalue weighted by atomic mass is 32.1. The van der Waals surface area contributed by atoms with E-state index < -0.39 is 0 Å². The lowest BCUT2D eigenvalue weighted by atomic mass is 10.1.